The van der Waals surface area contributed by atoms with Crippen LogP contribution in [0.25, 0.3) is 11.0 Å². The summed E-state index contributed by atoms with van der Waals surface area (Å²) in [7, 11) is 0. The summed E-state index contributed by atoms with van der Waals surface area (Å²) in [5.41, 5.74) is 1.39. The van der Waals surface area contributed by atoms with Crippen LogP contribution >= 0.6 is 45.2 Å². The molecule has 8 heteroatoms. The van der Waals surface area contributed by atoms with Gasteiger partial charge in [0.15, 0.2) is 17.3 Å². The van der Waals surface area contributed by atoms with E-state index in [0.717, 1.165) is 0 Å². The van der Waals surface area contributed by atoms with E-state index >= 15 is 0 Å². The zero-order valence-electron chi connectivity index (χ0n) is 16.7. The molecule has 1 heterocycles. The van der Waals surface area contributed by atoms with E-state index in [0.29, 0.717) is 47.0 Å². The van der Waals surface area contributed by atoms with Crippen molar-refractivity contribution in [3.63, 3.8) is 0 Å². The van der Waals surface area contributed by atoms with Crippen LogP contribution in [0.15, 0.2) is 59.0 Å². The maximum atomic E-state index is 13.4. The third kappa shape index (κ3) is 4.20. The molecule has 4 aromatic rings. The Morgan fingerprint density at radius 3 is 2.25 bits per heavy atom. The van der Waals surface area contributed by atoms with Gasteiger partial charge in [-0.1, -0.05) is 25.1 Å². The molecule has 0 radical (unpaired) electrons. The summed E-state index contributed by atoms with van der Waals surface area (Å²) in [4.78, 5) is 25.7. The van der Waals surface area contributed by atoms with Crippen molar-refractivity contribution in [1.29, 1.82) is 0 Å². The summed E-state index contributed by atoms with van der Waals surface area (Å²) in [6.45, 7) is 1.86. The van der Waals surface area contributed by atoms with Crippen LogP contribution in [0.2, 0.25) is 0 Å². The number of fused-ring (bicyclic) bond motifs is 1. The molecule has 0 aliphatic rings. The predicted molar refractivity (Wildman–Crippen MR) is 136 cm³/mol. The smallest absolute Gasteiger partial charge is 0.343 e. The molecule has 0 aliphatic heterocycles. The number of aromatic hydroxyl groups is 2. The average Bonchev–Trinajstić information content (AvgIpc) is 3.14. The zero-order chi connectivity index (χ0) is 23.0. The van der Waals surface area contributed by atoms with Gasteiger partial charge < -0.3 is 19.4 Å². The van der Waals surface area contributed by atoms with Crippen molar-refractivity contribution < 1.29 is 29.0 Å². The number of ketones is 1. The second kappa shape index (κ2) is 9.10. The first-order chi connectivity index (χ1) is 15.3. The highest BCUT2D eigenvalue weighted by molar-refractivity contribution is 14.1. The van der Waals surface area contributed by atoms with Crippen LogP contribution in [-0.2, 0) is 6.42 Å². The molecule has 0 bridgehead atoms. The van der Waals surface area contributed by atoms with Crippen molar-refractivity contribution in [2.24, 2.45) is 0 Å². The Morgan fingerprint density at radius 1 is 0.969 bits per heavy atom. The van der Waals surface area contributed by atoms with Crippen molar-refractivity contribution in [2.45, 2.75) is 13.3 Å². The third-order valence-electron chi connectivity index (χ3n) is 4.88. The number of carbonyl (C=O) groups excluding carboxylic acids is 2. The van der Waals surface area contributed by atoms with Gasteiger partial charge in [-0.2, -0.15) is 0 Å². The van der Waals surface area contributed by atoms with Crippen LogP contribution in [0.5, 0.6) is 17.2 Å². The van der Waals surface area contributed by atoms with Gasteiger partial charge in [0, 0.05) is 23.4 Å². The SMILES string of the molecule is CCc1oc2cc(OC(=O)c3ccccc3)c(O)cc2c1C(=O)c1cc(I)c(O)c(I)c1. The normalized spacial score (nSPS) is 11.0. The molecule has 0 fully saturated rings. The lowest BCUT2D eigenvalue weighted by Crippen LogP contribution is -2.08. The number of hydrogen-bond acceptors (Lipinski definition) is 6. The van der Waals surface area contributed by atoms with Crippen molar-refractivity contribution in [3.8, 4) is 17.2 Å². The first-order valence-electron chi connectivity index (χ1n) is 9.58. The van der Waals surface area contributed by atoms with Crippen molar-refractivity contribution >= 4 is 67.9 Å². The number of esters is 1. The Hall–Kier alpha value is -2.60. The van der Waals surface area contributed by atoms with Gasteiger partial charge in [-0.15, -0.1) is 0 Å². The van der Waals surface area contributed by atoms with Gasteiger partial charge in [0.1, 0.15) is 17.1 Å². The molecular formula is C24H16I2O6. The van der Waals surface area contributed by atoms with E-state index in [1.54, 1.807) is 42.5 Å². The Bertz CT molecular complexity index is 1340. The highest BCUT2D eigenvalue weighted by atomic mass is 127. The molecule has 0 atom stereocenters. The summed E-state index contributed by atoms with van der Waals surface area (Å²) in [5, 5.41) is 21.0. The van der Waals surface area contributed by atoms with Crippen LogP contribution in [-0.4, -0.2) is 22.0 Å². The Kier molecular flexibility index (Phi) is 6.42. The summed E-state index contributed by atoms with van der Waals surface area (Å²) < 4.78 is 12.3. The maximum absolute atomic E-state index is 13.4. The molecule has 0 aliphatic carbocycles. The fourth-order valence-electron chi connectivity index (χ4n) is 3.32. The molecule has 2 N–H and O–H groups in total. The van der Waals surface area contributed by atoms with Crippen LogP contribution < -0.4 is 4.74 Å². The first-order valence-corrected chi connectivity index (χ1v) is 11.7. The Labute approximate surface area is 210 Å². The largest absolute Gasteiger partial charge is 0.506 e. The predicted octanol–water partition coefficient (Wildman–Crippen LogP) is 6.07. The van der Waals surface area contributed by atoms with E-state index in [4.69, 9.17) is 9.15 Å². The minimum atomic E-state index is -0.618. The van der Waals surface area contributed by atoms with Gasteiger partial charge in [-0.3, -0.25) is 4.79 Å². The number of halogens is 2. The molecule has 0 unspecified atom stereocenters. The van der Waals surface area contributed by atoms with E-state index in [1.807, 2.05) is 52.1 Å². The topological polar surface area (TPSA) is 97.0 Å². The zero-order valence-corrected chi connectivity index (χ0v) is 21.0. The van der Waals surface area contributed by atoms with Gasteiger partial charge >= 0.3 is 5.97 Å². The van der Waals surface area contributed by atoms with Gasteiger partial charge in [-0.25, -0.2) is 4.79 Å². The summed E-state index contributed by atoms with van der Waals surface area (Å²) in [6, 6.07) is 14.4. The average molecular weight is 654 g/mol. The highest BCUT2D eigenvalue weighted by Gasteiger charge is 2.25. The van der Waals surface area contributed by atoms with E-state index in [2.05, 4.69) is 0 Å². The number of hydrogen-bond donors (Lipinski definition) is 2. The minimum absolute atomic E-state index is 0.0597. The molecule has 6 nitrogen and oxygen atoms in total. The van der Waals surface area contributed by atoms with Gasteiger partial charge in [0.2, 0.25) is 0 Å². The molecule has 0 saturated heterocycles. The lowest BCUT2D eigenvalue weighted by atomic mass is 9.99. The monoisotopic (exact) mass is 654 g/mol. The molecule has 32 heavy (non-hydrogen) atoms. The number of phenols is 2. The van der Waals surface area contributed by atoms with Crippen LogP contribution in [0, 0.1) is 7.14 Å². The van der Waals surface area contributed by atoms with E-state index in [1.165, 1.54) is 12.1 Å². The maximum Gasteiger partial charge on any atom is 0.343 e. The van der Waals surface area contributed by atoms with E-state index in [-0.39, 0.29) is 23.0 Å². The number of rotatable bonds is 5. The van der Waals surface area contributed by atoms with Crippen molar-refractivity contribution in [3.05, 3.63) is 84.2 Å². The summed E-state index contributed by atoms with van der Waals surface area (Å²) in [6.07, 6.45) is 0.446. The minimum Gasteiger partial charge on any atom is -0.506 e. The lowest BCUT2D eigenvalue weighted by Gasteiger charge is -2.08. The number of ether oxygens (including phenoxy) is 1. The highest BCUT2D eigenvalue weighted by Crippen LogP contribution is 2.38. The lowest BCUT2D eigenvalue weighted by molar-refractivity contribution is 0.0729. The van der Waals surface area contributed by atoms with E-state index < -0.39 is 5.97 Å². The fraction of sp³-hybridized carbons (Fsp3) is 0.0833. The number of furan rings is 1. The molecule has 0 spiro atoms. The van der Waals surface area contributed by atoms with Crippen molar-refractivity contribution in [2.75, 3.05) is 0 Å². The van der Waals surface area contributed by atoms with Crippen LogP contribution in [0.3, 0.4) is 0 Å². The molecule has 1 aromatic heterocycles. The number of phenolic OH excluding ortho intramolecular Hbond substituents is 2. The van der Waals surface area contributed by atoms with Gasteiger partial charge in [0.25, 0.3) is 0 Å². The Morgan fingerprint density at radius 2 is 1.62 bits per heavy atom. The molecule has 162 valence electrons. The Balaban J connectivity index is 1.77. The number of benzene rings is 3. The second-order valence-corrected chi connectivity index (χ2v) is 9.27. The van der Waals surface area contributed by atoms with Gasteiger partial charge in [0.05, 0.1) is 18.3 Å². The quantitative estimate of drug-likeness (QED) is 0.118. The molecule has 0 amide bonds. The molecule has 0 saturated carbocycles. The van der Waals surface area contributed by atoms with E-state index in [9.17, 15) is 19.8 Å². The number of aryl methyl sites for hydroxylation is 1. The number of carbonyl (C=O) groups is 2. The molecule has 4 rings (SSSR count). The van der Waals surface area contributed by atoms with Crippen LogP contribution in [0.4, 0.5) is 0 Å². The third-order valence-corrected chi connectivity index (χ3v) is 6.53. The molecule has 3 aromatic carbocycles. The van der Waals surface area contributed by atoms with Crippen molar-refractivity contribution in [1.82, 2.24) is 0 Å². The molecular weight excluding hydrogens is 638 g/mol. The van der Waals surface area contributed by atoms with Crippen LogP contribution in [0.1, 0.15) is 39.0 Å². The van der Waals surface area contributed by atoms with Gasteiger partial charge in [-0.05, 0) is 75.5 Å². The first kappa shape index (κ1) is 22.6. The second-order valence-electron chi connectivity index (χ2n) is 6.94. The summed E-state index contributed by atoms with van der Waals surface area (Å²) in [5.74, 6) is -0.673. The summed E-state index contributed by atoms with van der Waals surface area (Å²) >= 11 is 3.94. The standard InChI is InChI=1S/C24H16I2O6/c1-2-18-21(22(28)13-8-15(25)23(29)16(26)9-13)14-10-17(27)20(11-19(14)31-18)32-24(30)12-6-4-3-5-7-12/h3-11,27,29H,2H2,1H3. The fourth-order valence-corrected chi connectivity index (χ4v) is 5.09.